The lowest BCUT2D eigenvalue weighted by Gasteiger charge is -2.47. The van der Waals surface area contributed by atoms with Crippen LogP contribution in [0.1, 0.15) is 49.3 Å². The number of aromatic nitrogens is 2. The molecule has 3 aromatic rings. The number of alkyl halides is 3. The number of hydrogen-bond acceptors (Lipinski definition) is 8. The minimum absolute atomic E-state index is 0.00997. The van der Waals surface area contributed by atoms with E-state index in [0.717, 1.165) is 62.3 Å². The maximum absolute atomic E-state index is 13.5. The largest absolute Gasteiger partial charge is 0.494 e. The van der Waals surface area contributed by atoms with Crippen molar-refractivity contribution in [3.8, 4) is 5.75 Å². The highest BCUT2D eigenvalue weighted by molar-refractivity contribution is 6.30. The standard InChI is InChI=1S/C32H32ClF3N6O3/c1-3-30(43)41-26-15-23(27(44-2)16-25(26)40-9-4-20(5-10-40)31(41)7-8-31)39-28-17-29(38-18-37-28)42-24(6-11-45-42)19-12-21(32(34,35)36)14-22(33)13-19/h3,12-18,20,24H,1,4-11H2,2H3,(H,37,38,39). The van der Waals surface area contributed by atoms with E-state index in [1.54, 1.807) is 13.2 Å². The molecule has 0 radical (unpaired) electrons. The minimum Gasteiger partial charge on any atom is -0.494 e. The fraction of sp³-hybridized carbons (Fsp3) is 0.406. The zero-order valence-corrected chi connectivity index (χ0v) is 25.4. The average molecular weight is 641 g/mol. The number of piperidine rings is 1. The van der Waals surface area contributed by atoms with Crippen LogP contribution in [0.2, 0.25) is 5.02 Å². The SMILES string of the molecule is C=CC(=O)N1c2cc(Nc3cc(N4OCCC4c4cc(Cl)cc(C(F)(F)F)c4)ncn3)c(OC)cc2N2CCC(CC2)C12CC2. The van der Waals surface area contributed by atoms with E-state index in [2.05, 4.69) is 26.8 Å². The normalized spacial score (nSPS) is 20.6. The second-order valence-corrected chi connectivity index (χ2v) is 12.3. The summed E-state index contributed by atoms with van der Waals surface area (Å²) < 4.78 is 46.4. The first-order valence-corrected chi connectivity index (χ1v) is 15.3. The number of hydrogen-bond donors (Lipinski definition) is 1. The highest BCUT2D eigenvalue weighted by Gasteiger charge is 2.57. The van der Waals surface area contributed by atoms with Gasteiger partial charge in [0.05, 0.1) is 47.9 Å². The van der Waals surface area contributed by atoms with Crippen molar-refractivity contribution < 1.29 is 27.5 Å². The number of carbonyl (C=O) groups excluding carboxylic acids is 1. The van der Waals surface area contributed by atoms with Crippen molar-refractivity contribution in [1.82, 2.24) is 9.97 Å². The van der Waals surface area contributed by atoms with Gasteiger partial charge in [-0.05, 0) is 67.5 Å². The van der Waals surface area contributed by atoms with E-state index in [9.17, 15) is 18.0 Å². The van der Waals surface area contributed by atoms with Crippen LogP contribution in [-0.4, -0.2) is 48.2 Å². The van der Waals surface area contributed by atoms with Crippen molar-refractivity contribution in [2.45, 2.75) is 49.9 Å². The molecular formula is C32H32ClF3N6O3. The fourth-order valence-corrected chi connectivity index (χ4v) is 7.41. The van der Waals surface area contributed by atoms with Gasteiger partial charge in [0.25, 0.3) is 5.91 Å². The maximum atomic E-state index is 13.5. The zero-order chi connectivity index (χ0) is 31.5. The van der Waals surface area contributed by atoms with Gasteiger partial charge < -0.3 is 19.9 Å². The summed E-state index contributed by atoms with van der Waals surface area (Å²) in [6.07, 6.45) is 2.60. The number of nitrogens with zero attached hydrogens (tertiary/aromatic N) is 5. The third-order valence-electron chi connectivity index (χ3n) is 9.41. The highest BCUT2D eigenvalue weighted by Crippen LogP contribution is 2.57. The summed E-state index contributed by atoms with van der Waals surface area (Å²) in [5.74, 6) is 1.63. The van der Waals surface area contributed by atoms with Gasteiger partial charge in [-0.15, -0.1) is 0 Å². The van der Waals surface area contributed by atoms with Crippen LogP contribution in [0.4, 0.5) is 41.9 Å². The van der Waals surface area contributed by atoms with Crippen molar-refractivity contribution in [1.29, 1.82) is 0 Å². The summed E-state index contributed by atoms with van der Waals surface area (Å²) in [7, 11) is 1.59. The molecule has 1 spiro atoms. The molecule has 5 heterocycles. The van der Waals surface area contributed by atoms with E-state index in [-0.39, 0.29) is 23.1 Å². The Kier molecular flexibility index (Phi) is 7.31. The maximum Gasteiger partial charge on any atom is 0.416 e. The lowest BCUT2D eigenvalue weighted by molar-refractivity contribution is -0.137. The van der Waals surface area contributed by atoms with Crippen LogP contribution >= 0.6 is 11.6 Å². The van der Waals surface area contributed by atoms with Gasteiger partial charge in [-0.1, -0.05) is 18.2 Å². The number of nitrogens with one attached hydrogen (secondary N) is 1. The Morgan fingerprint density at radius 3 is 2.58 bits per heavy atom. The van der Waals surface area contributed by atoms with Gasteiger partial charge >= 0.3 is 6.18 Å². The second kappa shape index (κ2) is 11.1. The molecule has 1 amide bonds. The molecule has 9 nitrogen and oxygen atoms in total. The van der Waals surface area contributed by atoms with E-state index < -0.39 is 17.8 Å². The molecule has 1 N–H and O–H groups in total. The Hall–Kier alpha value is -4.03. The third-order valence-corrected chi connectivity index (χ3v) is 9.63. The molecule has 13 heteroatoms. The summed E-state index contributed by atoms with van der Waals surface area (Å²) in [6, 6.07) is 8.51. The lowest BCUT2D eigenvalue weighted by Crippen LogP contribution is -2.53. The summed E-state index contributed by atoms with van der Waals surface area (Å²) >= 11 is 6.08. The molecular weight excluding hydrogens is 609 g/mol. The predicted molar refractivity (Wildman–Crippen MR) is 165 cm³/mol. The summed E-state index contributed by atoms with van der Waals surface area (Å²) in [5.41, 5.74) is 1.66. The Labute approximate surface area is 263 Å². The van der Waals surface area contributed by atoms with Gasteiger partial charge in [-0.3, -0.25) is 9.63 Å². The van der Waals surface area contributed by atoms with Crippen molar-refractivity contribution in [2.75, 3.05) is 47.0 Å². The highest BCUT2D eigenvalue weighted by atomic mass is 35.5. The minimum atomic E-state index is -4.54. The molecule has 2 saturated heterocycles. The van der Waals surface area contributed by atoms with Crippen LogP contribution in [0.15, 0.2) is 55.4 Å². The van der Waals surface area contributed by atoms with Gasteiger partial charge in [-0.2, -0.15) is 13.2 Å². The van der Waals surface area contributed by atoms with Crippen LogP contribution in [0, 0.1) is 5.92 Å². The Morgan fingerprint density at radius 2 is 1.89 bits per heavy atom. The van der Waals surface area contributed by atoms with Crippen molar-refractivity contribution >= 4 is 46.2 Å². The lowest BCUT2D eigenvalue weighted by atomic mass is 9.83. The van der Waals surface area contributed by atoms with E-state index in [4.69, 9.17) is 21.2 Å². The monoisotopic (exact) mass is 640 g/mol. The molecule has 1 aromatic heterocycles. The Balaban J connectivity index is 1.23. The second-order valence-electron chi connectivity index (χ2n) is 11.9. The molecule has 1 aliphatic carbocycles. The molecule has 1 atom stereocenters. The van der Waals surface area contributed by atoms with Crippen LogP contribution < -0.4 is 24.9 Å². The number of ether oxygens (including phenoxy) is 1. The van der Waals surface area contributed by atoms with Gasteiger partial charge in [0.1, 0.15) is 17.9 Å². The zero-order valence-electron chi connectivity index (χ0n) is 24.6. The number of rotatable bonds is 6. The molecule has 1 saturated carbocycles. The molecule has 3 fully saturated rings. The average Bonchev–Trinajstić information content (AvgIpc) is 3.67. The van der Waals surface area contributed by atoms with Crippen molar-refractivity contribution in [2.24, 2.45) is 5.92 Å². The van der Waals surface area contributed by atoms with E-state index in [1.165, 1.54) is 23.5 Å². The molecule has 45 heavy (non-hydrogen) atoms. The number of amides is 1. The fourth-order valence-electron chi connectivity index (χ4n) is 7.17. The number of benzene rings is 2. The van der Waals surface area contributed by atoms with Crippen molar-refractivity contribution in [3.05, 3.63) is 71.5 Å². The van der Waals surface area contributed by atoms with E-state index in [1.807, 2.05) is 17.0 Å². The number of carbonyl (C=O) groups is 1. The molecule has 236 valence electrons. The van der Waals surface area contributed by atoms with Gasteiger partial charge in [-0.25, -0.2) is 15.0 Å². The van der Waals surface area contributed by atoms with Gasteiger partial charge in [0.2, 0.25) is 0 Å². The first-order valence-electron chi connectivity index (χ1n) is 14.9. The smallest absolute Gasteiger partial charge is 0.416 e. The molecule has 5 aliphatic rings. The molecule has 8 rings (SSSR count). The van der Waals surface area contributed by atoms with Gasteiger partial charge in [0.15, 0.2) is 5.82 Å². The molecule has 1 unspecified atom stereocenters. The number of halogens is 4. The van der Waals surface area contributed by atoms with Crippen LogP contribution in [0.25, 0.3) is 0 Å². The van der Waals surface area contributed by atoms with Crippen LogP contribution in [0.3, 0.4) is 0 Å². The molecule has 4 aliphatic heterocycles. The van der Waals surface area contributed by atoms with E-state index in [0.29, 0.717) is 41.0 Å². The summed E-state index contributed by atoms with van der Waals surface area (Å²) in [6.45, 7) is 5.91. The van der Waals surface area contributed by atoms with Crippen LogP contribution in [0.5, 0.6) is 5.75 Å². The third kappa shape index (κ3) is 5.23. The number of fused-ring (bicyclic) bond motifs is 2. The first-order chi connectivity index (χ1) is 21.6. The Bertz CT molecular complexity index is 1660. The summed E-state index contributed by atoms with van der Waals surface area (Å²) in [5, 5.41) is 4.80. The molecule has 2 bridgehead atoms. The predicted octanol–water partition coefficient (Wildman–Crippen LogP) is 7.07. The molecule has 2 aromatic carbocycles. The van der Waals surface area contributed by atoms with E-state index >= 15 is 0 Å². The first kappa shape index (κ1) is 29.7. The van der Waals surface area contributed by atoms with Crippen LogP contribution in [-0.2, 0) is 15.8 Å². The quantitative estimate of drug-likeness (QED) is 0.287. The number of methoxy groups -OCH3 is 1. The van der Waals surface area contributed by atoms with Crippen molar-refractivity contribution in [3.63, 3.8) is 0 Å². The van der Waals surface area contributed by atoms with Gasteiger partial charge in [0, 0.05) is 36.7 Å². The number of anilines is 5. The topological polar surface area (TPSA) is 83.1 Å². The number of hydroxylamine groups is 1. The summed E-state index contributed by atoms with van der Waals surface area (Å²) in [4.78, 5) is 32.3. The Morgan fingerprint density at radius 1 is 1.11 bits per heavy atom.